The van der Waals surface area contributed by atoms with E-state index < -0.39 is 16.4 Å². The largest absolute Gasteiger partial charge is 0.460 e. The molecular formula is C20H30N2O3. The molecule has 1 aliphatic carbocycles. The summed E-state index contributed by atoms with van der Waals surface area (Å²) in [5, 5.41) is 3.00. The molecule has 1 heterocycles. The van der Waals surface area contributed by atoms with E-state index in [2.05, 4.69) is 10.3 Å². The average molecular weight is 346 g/mol. The summed E-state index contributed by atoms with van der Waals surface area (Å²) >= 11 is 0. The van der Waals surface area contributed by atoms with E-state index in [1.807, 2.05) is 53.7 Å². The molecule has 0 spiro atoms. The first-order valence-electron chi connectivity index (χ1n) is 8.87. The van der Waals surface area contributed by atoms with Crippen molar-refractivity contribution in [2.24, 2.45) is 16.7 Å². The van der Waals surface area contributed by atoms with Crippen molar-refractivity contribution < 1.29 is 14.3 Å². The molecule has 0 bridgehead atoms. The van der Waals surface area contributed by atoms with Gasteiger partial charge in [-0.2, -0.15) is 0 Å². The van der Waals surface area contributed by atoms with E-state index >= 15 is 0 Å². The van der Waals surface area contributed by atoms with Crippen molar-refractivity contribution in [3.8, 4) is 0 Å². The number of aromatic nitrogens is 1. The predicted molar refractivity (Wildman–Crippen MR) is 96.5 cm³/mol. The van der Waals surface area contributed by atoms with Crippen LogP contribution in [-0.4, -0.2) is 22.5 Å². The number of carbonyl (C=O) groups excluding carboxylic acids is 2. The molecule has 0 saturated heterocycles. The van der Waals surface area contributed by atoms with Crippen LogP contribution in [0.25, 0.3) is 0 Å². The van der Waals surface area contributed by atoms with Gasteiger partial charge in [-0.05, 0) is 63.6 Å². The highest BCUT2D eigenvalue weighted by atomic mass is 16.6. The Labute approximate surface area is 150 Å². The van der Waals surface area contributed by atoms with Crippen molar-refractivity contribution in [2.45, 2.75) is 66.5 Å². The van der Waals surface area contributed by atoms with E-state index in [0.29, 0.717) is 19.4 Å². The topological polar surface area (TPSA) is 68.3 Å². The number of amides is 1. The second-order valence-corrected chi connectivity index (χ2v) is 8.72. The van der Waals surface area contributed by atoms with E-state index in [0.717, 1.165) is 5.56 Å². The fourth-order valence-corrected chi connectivity index (χ4v) is 3.53. The third-order valence-electron chi connectivity index (χ3n) is 5.61. The quantitative estimate of drug-likeness (QED) is 0.848. The van der Waals surface area contributed by atoms with Gasteiger partial charge in [0.1, 0.15) is 5.60 Å². The molecule has 25 heavy (non-hydrogen) atoms. The molecule has 2 atom stereocenters. The standard InChI is InChI=1S/C20H30N2O3/c1-18(2,3)25-17(24)20(6)10-7-15(19(20,4)5)16(23)22-13-14-8-11-21-12-9-14/h8-9,11-12,15H,7,10,13H2,1-6H3,(H,22,23)/t15-,20+/m1/s1. The summed E-state index contributed by atoms with van der Waals surface area (Å²) in [4.78, 5) is 29.5. The molecule has 0 unspecified atom stereocenters. The van der Waals surface area contributed by atoms with Crippen LogP contribution in [0.3, 0.4) is 0 Å². The van der Waals surface area contributed by atoms with Gasteiger partial charge >= 0.3 is 5.97 Å². The van der Waals surface area contributed by atoms with E-state index in [1.54, 1.807) is 12.4 Å². The number of nitrogens with zero attached hydrogens (tertiary/aromatic N) is 1. The van der Waals surface area contributed by atoms with Crippen LogP contribution < -0.4 is 5.32 Å². The van der Waals surface area contributed by atoms with Crippen LogP contribution in [0, 0.1) is 16.7 Å². The van der Waals surface area contributed by atoms with E-state index in [9.17, 15) is 9.59 Å². The second kappa shape index (κ2) is 6.77. The minimum atomic E-state index is -0.668. The van der Waals surface area contributed by atoms with Gasteiger partial charge in [0.2, 0.25) is 5.91 Å². The summed E-state index contributed by atoms with van der Waals surface area (Å²) in [5.74, 6) is -0.435. The van der Waals surface area contributed by atoms with Crippen LogP contribution in [0.2, 0.25) is 0 Å². The lowest BCUT2D eigenvalue weighted by molar-refractivity contribution is -0.173. The minimum absolute atomic E-state index is 0.00547. The predicted octanol–water partition coefficient (Wildman–Crippen LogP) is 3.48. The molecule has 0 radical (unpaired) electrons. The maximum Gasteiger partial charge on any atom is 0.312 e. The molecule has 5 heteroatoms. The van der Waals surface area contributed by atoms with Crippen molar-refractivity contribution in [3.63, 3.8) is 0 Å². The molecule has 5 nitrogen and oxygen atoms in total. The first-order valence-corrected chi connectivity index (χ1v) is 8.87. The Bertz CT molecular complexity index is 634. The number of esters is 1. The fraction of sp³-hybridized carbons (Fsp3) is 0.650. The highest BCUT2D eigenvalue weighted by molar-refractivity contribution is 5.84. The Hall–Kier alpha value is -1.91. The Morgan fingerprint density at radius 3 is 2.40 bits per heavy atom. The van der Waals surface area contributed by atoms with E-state index in [-0.39, 0.29) is 17.8 Å². The van der Waals surface area contributed by atoms with Crippen LogP contribution in [0.1, 0.15) is 59.9 Å². The number of rotatable bonds is 4. The first-order chi connectivity index (χ1) is 11.5. The van der Waals surface area contributed by atoms with Gasteiger partial charge in [0.15, 0.2) is 0 Å². The Morgan fingerprint density at radius 2 is 1.84 bits per heavy atom. The summed E-state index contributed by atoms with van der Waals surface area (Å²) in [6.45, 7) is 12.0. The Kier molecular flexibility index (Phi) is 5.26. The normalized spacial score (nSPS) is 25.4. The van der Waals surface area contributed by atoms with Crippen molar-refractivity contribution in [2.75, 3.05) is 0 Å². The zero-order valence-corrected chi connectivity index (χ0v) is 16.2. The monoisotopic (exact) mass is 346 g/mol. The molecule has 0 aliphatic heterocycles. The minimum Gasteiger partial charge on any atom is -0.460 e. The van der Waals surface area contributed by atoms with Crippen molar-refractivity contribution in [3.05, 3.63) is 30.1 Å². The van der Waals surface area contributed by atoms with Gasteiger partial charge in [0.25, 0.3) is 0 Å². The molecule has 1 aromatic heterocycles. The van der Waals surface area contributed by atoms with Gasteiger partial charge in [-0.1, -0.05) is 13.8 Å². The van der Waals surface area contributed by atoms with Crippen molar-refractivity contribution >= 4 is 11.9 Å². The molecule has 138 valence electrons. The first kappa shape index (κ1) is 19.4. The third-order valence-corrected chi connectivity index (χ3v) is 5.61. The van der Waals surface area contributed by atoms with Crippen LogP contribution in [0.4, 0.5) is 0 Å². The summed E-state index contributed by atoms with van der Waals surface area (Å²) < 4.78 is 5.64. The summed E-state index contributed by atoms with van der Waals surface area (Å²) in [6.07, 6.45) is 4.76. The number of hydrogen-bond acceptors (Lipinski definition) is 4. The zero-order valence-electron chi connectivity index (χ0n) is 16.2. The number of ether oxygens (including phenoxy) is 1. The Morgan fingerprint density at radius 1 is 1.24 bits per heavy atom. The molecule has 1 saturated carbocycles. The number of nitrogens with one attached hydrogen (secondary N) is 1. The van der Waals surface area contributed by atoms with Gasteiger partial charge in [-0.15, -0.1) is 0 Å². The molecular weight excluding hydrogens is 316 g/mol. The SMILES string of the molecule is CC(C)(C)OC(=O)[C@]1(C)CC[C@H](C(=O)NCc2ccncc2)C1(C)C. The lowest BCUT2D eigenvalue weighted by Crippen LogP contribution is -2.47. The highest BCUT2D eigenvalue weighted by Crippen LogP contribution is 2.56. The van der Waals surface area contributed by atoms with Gasteiger partial charge < -0.3 is 10.1 Å². The maximum atomic E-state index is 12.8. The van der Waals surface area contributed by atoms with Gasteiger partial charge in [0.05, 0.1) is 5.41 Å². The number of pyridine rings is 1. The molecule has 1 aromatic rings. The van der Waals surface area contributed by atoms with Crippen molar-refractivity contribution in [1.82, 2.24) is 10.3 Å². The fourth-order valence-electron chi connectivity index (χ4n) is 3.53. The number of hydrogen-bond donors (Lipinski definition) is 1. The van der Waals surface area contributed by atoms with E-state index in [1.165, 1.54) is 0 Å². The van der Waals surface area contributed by atoms with Crippen LogP contribution in [-0.2, 0) is 20.9 Å². The molecule has 1 fully saturated rings. The summed E-state index contributed by atoms with van der Waals surface area (Å²) in [7, 11) is 0. The van der Waals surface area contributed by atoms with Crippen LogP contribution in [0.15, 0.2) is 24.5 Å². The lowest BCUT2D eigenvalue weighted by Gasteiger charge is -2.40. The average Bonchev–Trinajstić information content (AvgIpc) is 2.76. The molecule has 2 rings (SSSR count). The Balaban J connectivity index is 2.08. The molecule has 1 amide bonds. The van der Waals surface area contributed by atoms with Crippen LogP contribution in [0.5, 0.6) is 0 Å². The zero-order chi connectivity index (χ0) is 18.9. The van der Waals surface area contributed by atoms with E-state index in [4.69, 9.17) is 4.74 Å². The third kappa shape index (κ3) is 4.02. The molecule has 1 N–H and O–H groups in total. The summed E-state index contributed by atoms with van der Waals surface area (Å²) in [6, 6.07) is 3.76. The van der Waals surface area contributed by atoms with Gasteiger partial charge in [-0.3, -0.25) is 14.6 Å². The van der Waals surface area contributed by atoms with Crippen LogP contribution >= 0.6 is 0 Å². The second-order valence-electron chi connectivity index (χ2n) is 8.72. The molecule has 1 aliphatic rings. The maximum absolute atomic E-state index is 12.8. The smallest absolute Gasteiger partial charge is 0.312 e. The summed E-state index contributed by atoms with van der Waals surface area (Å²) in [5.41, 5.74) is -0.664. The number of carbonyl (C=O) groups is 2. The highest BCUT2D eigenvalue weighted by Gasteiger charge is 2.59. The lowest BCUT2D eigenvalue weighted by atomic mass is 9.65. The van der Waals surface area contributed by atoms with Gasteiger partial charge in [-0.25, -0.2) is 0 Å². The van der Waals surface area contributed by atoms with Gasteiger partial charge in [0, 0.05) is 24.9 Å². The van der Waals surface area contributed by atoms with Crippen molar-refractivity contribution in [1.29, 1.82) is 0 Å². The molecule has 0 aromatic carbocycles.